The number of nitrogens with one attached hydrogen (secondary N) is 2. The van der Waals surface area contributed by atoms with Crippen LogP contribution in [0, 0.1) is 0 Å². The number of hydrogen-bond acceptors (Lipinski definition) is 2. The van der Waals surface area contributed by atoms with Gasteiger partial charge in [0.25, 0.3) is 11.8 Å². The number of benzene rings is 3. The Labute approximate surface area is 178 Å². The van der Waals surface area contributed by atoms with E-state index in [2.05, 4.69) is 24.5 Å². The van der Waals surface area contributed by atoms with Crippen LogP contribution in [0.25, 0.3) is 6.08 Å². The Balaban J connectivity index is 0.000000456. The van der Waals surface area contributed by atoms with Gasteiger partial charge in [0.05, 0.1) is 0 Å². The third kappa shape index (κ3) is 7.40. The molecule has 30 heavy (non-hydrogen) atoms. The van der Waals surface area contributed by atoms with Gasteiger partial charge >= 0.3 is 0 Å². The van der Waals surface area contributed by atoms with Crippen LogP contribution >= 0.6 is 0 Å². The molecule has 0 aliphatic heterocycles. The van der Waals surface area contributed by atoms with Crippen molar-refractivity contribution in [2.24, 2.45) is 0 Å². The lowest BCUT2D eigenvalue weighted by atomic mass is 10.0. The van der Waals surface area contributed by atoms with Gasteiger partial charge in [0, 0.05) is 12.6 Å². The lowest BCUT2D eigenvalue weighted by molar-refractivity contribution is -0.117. The van der Waals surface area contributed by atoms with Crippen LogP contribution in [0.4, 0.5) is 0 Å². The van der Waals surface area contributed by atoms with Crippen molar-refractivity contribution < 1.29 is 9.59 Å². The maximum atomic E-state index is 12.3. The first kappa shape index (κ1) is 22.6. The zero-order valence-electron chi connectivity index (χ0n) is 17.6. The fourth-order valence-corrected chi connectivity index (χ4v) is 2.61. The number of rotatable bonds is 5. The van der Waals surface area contributed by atoms with Crippen molar-refractivity contribution >= 4 is 17.9 Å². The summed E-state index contributed by atoms with van der Waals surface area (Å²) in [5, 5.41) is 5.23. The van der Waals surface area contributed by atoms with Crippen molar-refractivity contribution in [2.45, 2.75) is 19.8 Å². The number of amides is 2. The van der Waals surface area contributed by atoms with Crippen LogP contribution in [-0.2, 0) is 4.79 Å². The van der Waals surface area contributed by atoms with Gasteiger partial charge in [-0.2, -0.15) is 0 Å². The summed E-state index contributed by atoms with van der Waals surface area (Å²) >= 11 is 0. The first-order valence-electron chi connectivity index (χ1n) is 9.91. The van der Waals surface area contributed by atoms with Crippen LogP contribution in [0.5, 0.6) is 0 Å². The van der Waals surface area contributed by atoms with E-state index >= 15 is 0 Å². The predicted molar refractivity (Wildman–Crippen MR) is 123 cm³/mol. The maximum absolute atomic E-state index is 12.3. The number of carbonyl (C=O) groups excluding carboxylic acids is 2. The second kappa shape index (κ2) is 12.0. The highest BCUT2D eigenvalue weighted by molar-refractivity contribution is 6.05. The minimum Gasteiger partial charge on any atom is -0.354 e. The first-order chi connectivity index (χ1) is 14.5. The molecule has 0 saturated heterocycles. The molecule has 0 unspecified atom stereocenters. The van der Waals surface area contributed by atoms with Crippen LogP contribution in [-0.4, -0.2) is 18.9 Å². The highest BCUT2D eigenvalue weighted by Gasteiger charge is 2.13. The van der Waals surface area contributed by atoms with Gasteiger partial charge in [-0.05, 0) is 35.3 Å². The zero-order valence-corrected chi connectivity index (χ0v) is 17.6. The Bertz CT molecular complexity index is 921. The summed E-state index contributed by atoms with van der Waals surface area (Å²) in [5.74, 6) is -0.212. The monoisotopic (exact) mass is 400 g/mol. The fraction of sp³-hybridized carbons (Fsp3) is 0.154. The highest BCUT2D eigenvalue weighted by Crippen LogP contribution is 2.16. The molecule has 0 fully saturated rings. The van der Waals surface area contributed by atoms with E-state index in [0.717, 1.165) is 5.56 Å². The predicted octanol–water partition coefficient (Wildman–Crippen LogP) is 5.01. The van der Waals surface area contributed by atoms with Crippen molar-refractivity contribution in [3.63, 3.8) is 0 Å². The summed E-state index contributed by atoms with van der Waals surface area (Å²) in [6.07, 6.45) is 1.67. The summed E-state index contributed by atoms with van der Waals surface area (Å²) in [7, 11) is 1.53. The van der Waals surface area contributed by atoms with Gasteiger partial charge in [0.1, 0.15) is 5.70 Å². The molecule has 4 heteroatoms. The molecule has 2 amide bonds. The van der Waals surface area contributed by atoms with Crippen molar-refractivity contribution in [2.75, 3.05) is 7.05 Å². The van der Waals surface area contributed by atoms with E-state index < -0.39 is 0 Å². The molecule has 0 spiro atoms. The Morgan fingerprint density at radius 3 is 1.73 bits per heavy atom. The second-order valence-corrected chi connectivity index (χ2v) is 6.93. The normalized spacial score (nSPS) is 10.6. The molecule has 0 radical (unpaired) electrons. The lowest BCUT2D eigenvalue weighted by Gasteiger charge is -2.10. The van der Waals surface area contributed by atoms with Crippen molar-refractivity contribution in [1.82, 2.24) is 10.6 Å². The molecule has 3 aromatic rings. The van der Waals surface area contributed by atoms with Gasteiger partial charge in [-0.1, -0.05) is 92.7 Å². The Hall–Kier alpha value is -3.66. The second-order valence-electron chi connectivity index (χ2n) is 6.93. The van der Waals surface area contributed by atoms with Crippen molar-refractivity contribution in [1.29, 1.82) is 0 Å². The van der Waals surface area contributed by atoms with Gasteiger partial charge in [-0.15, -0.1) is 0 Å². The molecule has 154 valence electrons. The van der Waals surface area contributed by atoms with Gasteiger partial charge in [-0.25, -0.2) is 0 Å². The summed E-state index contributed by atoms with van der Waals surface area (Å²) in [6.45, 7) is 4.25. The fourth-order valence-electron chi connectivity index (χ4n) is 2.61. The summed E-state index contributed by atoms with van der Waals surface area (Å²) in [6, 6.07) is 28.7. The van der Waals surface area contributed by atoms with Gasteiger partial charge in [0.2, 0.25) is 0 Å². The van der Waals surface area contributed by atoms with Crippen LogP contribution in [0.1, 0.15) is 41.3 Å². The average molecular weight is 401 g/mol. The Morgan fingerprint density at radius 1 is 0.767 bits per heavy atom. The van der Waals surface area contributed by atoms with Crippen LogP contribution in [0.15, 0.2) is 96.7 Å². The molecule has 3 rings (SSSR count). The van der Waals surface area contributed by atoms with Gasteiger partial charge in [-0.3, -0.25) is 9.59 Å². The maximum Gasteiger partial charge on any atom is 0.267 e. The largest absolute Gasteiger partial charge is 0.354 e. The molecule has 3 aromatic carbocycles. The number of hydrogen-bond donors (Lipinski definition) is 2. The highest BCUT2D eigenvalue weighted by atomic mass is 16.2. The summed E-state index contributed by atoms with van der Waals surface area (Å²) in [5.41, 5.74) is 2.79. The topological polar surface area (TPSA) is 58.2 Å². The molecule has 0 aliphatic rings. The molecular weight excluding hydrogens is 372 g/mol. The minimum absolute atomic E-state index is 0.212. The van der Waals surface area contributed by atoms with E-state index in [0.29, 0.717) is 11.5 Å². The van der Waals surface area contributed by atoms with Gasteiger partial charge in [0.15, 0.2) is 0 Å². The quantitative estimate of drug-likeness (QED) is 0.591. The van der Waals surface area contributed by atoms with E-state index in [4.69, 9.17) is 0 Å². The number of likely N-dealkylation sites (N-methyl/N-ethyl adjacent to an activating group) is 1. The molecule has 0 atom stereocenters. The first-order valence-corrected chi connectivity index (χ1v) is 9.91. The van der Waals surface area contributed by atoms with Crippen LogP contribution in [0.2, 0.25) is 0 Å². The van der Waals surface area contributed by atoms with E-state index in [1.165, 1.54) is 12.6 Å². The summed E-state index contributed by atoms with van der Waals surface area (Å²) in [4.78, 5) is 24.3. The van der Waals surface area contributed by atoms with Gasteiger partial charge < -0.3 is 10.6 Å². The average Bonchev–Trinajstić information content (AvgIpc) is 2.80. The Morgan fingerprint density at radius 2 is 1.27 bits per heavy atom. The van der Waals surface area contributed by atoms with Crippen molar-refractivity contribution in [3.05, 3.63) is 113 Å². The minimum atomic E-state index is -0.341. The lowest BCUT2D eigenvalue weighted by Crippen LogP contribution is -2.33. The third-order valence-electron chi connectivity index (χ3n) is 4.34. The molecule has 4 nitrogen and oxygen atoms in total. The van der Waals surface area contributed by atoms with E-state index in [-0.39, 0.29) is 17.5 Å². The van der Waals surface area contributed by atoms with E-state index in [1.54, 1.807) is 30.3 Å². The Kier molecular flexibility index (Phi) is 9.07. The summed E-state index contributed by atoms with van der Waals surface area (Å²) < 4.78 is 0. The molecule has 0 saturated carbocycles. The zero-order chi connectivity index (χ0) is 21.8. The van der Waals surface area contributed by atoms with Crippen LogP contribution in [0.3, 0.4) is 0 Å². The SMILES string of the molecule is CNC(=O)/C(=C\c1ccc(C(C)C)cc1)NC(=O)c1ccccc1.c1ccccc1. The number of carbonyl (C=O) groups is 2. The molecule has 0 aliphatic carbocycles. The molecule has 0 heterocycles. The smallest absolute Gasteiger partial charge is 0.267 e. The molecular formula is C26H28N2O2. The van der Waals surface area contributed by atoms with E-state index in [9.17, 15) is 9.59 Å². The van der Waals surface area contributed by atoms with E-state index in [1.807, 2.05) is 66.7 Å². The third-order valence-corrected chi connectivity index (χ3v) is 4.34. The van der Waals surface area contributed by atoms with Crippen molar-refractivity contribution in [3.8, 4) is 0 Å². The van der Waals surface area contributed by atoms with Crippen LogP contribution < -0.4 is 10.6 Å². The molecule has 0 aromatic heterocycles. The molecule has 0 bridgehead atoms. The molecule has 2 N–H and O–H groups in total. The standard InChI is InChI=1S/C20H22N2O2.C6H6/c1-14(2)16-11-9-15(10-12-16)13-18(20(24)21-3)22-19(23)17-7-5-4-6-8-17;1-2-4-6-5-3-1/h4-14H,1-3H3,(H,21,24)(H,22,23);1-6H/b18-13+;.